The molecule has 0 unspecified atom stereocenters. The molecule has 0 saturated carbocycles. The van der Waals surface area contributed by atoms with Crippen LogP contribution in [-0.2, 0) is 35.3 Å². The molecule has 3 amide bonds. The van der Waals surface area contributed by atoms with Crippen molar-refractivity contribution < 1.29 is 33.8 Å². The zero-order valence-corrected chi connectivity index (χ0v) is 25.0. The van der Waals surface area contributed by atoms with Gasteiger partial charge in [0, 0.05) is 13.0 Å². The molecule has 0 bridgehead atoms. The van der Waals surface area contributed by atoms with Crippen LogP contribution in [0, 0.1) is 17.8 Å². The molecule has 0 radical (unpaired) electrons. The molecule has 2 fully saturated rings. The van der Waals surface area contributed by atoms with Crippen molar-refractivity contribution in [3.05, 3.63) is 48.6 Å². The molecule has 1 aromatic carbocycles. The smallest absolute Gasteiger partial charge is 0.313 e. The molecule has 2 saturated heterocycles. The topological polar surface area (TPSA) is 156 Å². The summed E-state index contributed by atoms with van der Waals surface area (Å²) in [6.45, 7) is 5.46. The maximum absolute atomic E-state index is 14.6. The Kier molecular flexibility index (Phi) is 8.01. The summed E-state index contributed by atoms with van der Waals surface area (Å²) in [5.74, 6) is -3.95. The van der Waals surface area contributed by atoms with Crippen molar-refractivity contribution in [3.8, 4) is 0 Å². The number of ether oxygens (including phenoxy) is 2. The minimum atomic E-state index is -1.49. The molecular formula is C31H38N6O7. The highest BCUT2D eigenvalue weighted by Crippen LogP contribution is 2.54. The van der Waals surface area contributed by atoms with Gasteiger partial charge in [-0.25, -0.2) is 4.68 Å². The number of fused-ring (bicyclic) bond motifs is 3. The first-order chi connectivity index (χ1) is 21.2. The summed E-state index contributed by atoms with van der Waals surface area (Å²) < 4.78 is 14.1. The van der Waals surface area contributed by atoms with Crippen LogP contribution >= 0.6 is 0 Å². The number of para-hydroxylation sites is 1. The molecule has 234 valence electrons. The van der Waals surface area contributed by atoms with Gasteiger partial charge in [-0.05, 0) is 31.4 Å². The average molecular weight is 607 g/mol. The predicted molar refractivity (Wildman–Crippen MR) is 156 cm³/mol. The van der Waals surface area contributed by atoms with Crippen LogP contribution in [0.15, 0.2) is 48.6 Å². The number of nitrogens with zero attached hydrogens (tertiary/aromatic N) is 5. The Bertz CT molecular complexity index is 1520. The Hall–Kier alpha value is -4.10. The lowest BCUT2D eigenvalue weighted by atomic mass is 9.78. The summed E-state index contributed by atoms with van der Waals surface area (Å²) in [4.78, 5) is 58.1. The van der Waals surface area contributed by atoms with Crippen LogP contribution in [0.2, 0.25) is 0 Å². The molecule has 13 heteroatoms. The van der Waals surface area contributed by atoms with E-state index in [2.05, 4.69) is 15.6 Å². The van der Waals surface area contributed by atoms with Crippen molar-refractivity contribution in [2.45, 2.75) is 70.2 Å². The van der Waals surface area contributed by atoms with Crippen molar-refractivity contribution >= 4 is 34.7 Å². The first-order valence-corrected chi connectivity index (χ1v) is 15.2. The molecule has 4 aliphatic heterocycles. The summed E-state index contributed by atoms with van der Waals surface area (Å²) >= 11 is 0. The molecule has 2 aromatic rings. The van der Waals surface area contributed by atoms with Gasteiger partial charge in [-0.15, -0.1) is 5.10 Å². The van der Waals surface area contributed by atoms with Gasteiger partial charge < -0.3 is 29.7 Å². The fourth-order valence-electron chi connectivity index (χ4n) is 6.94. The maximum Gasteiger partial charge on any atom is 0.313 e. The zero-order valence-electron chi connectivity index (χ0n) is 25.0. The second-order valence-corrected chi connectivity index (χ2v) is 12.3. The number of aliphatic hydroxyl groups excluding tert-OH is 1. The number of benzene rings is 1. The third kappa shape index (κ3) is 4.97. The van der Waals surface area contributed by atoms with E-state index in [1.165, 1.54) is 4.90 Å². The van der Waals surface area contributed by atoms with Crippen LogP contribution in [-0.4, -0.2) is 103 Å². The normalized spacial score (nSPS) is 32.3. The van der Waals surface area contributed by atoms with Crippen LogP contribution in [0.1, 0.15) is 33.6 Å². The quantitative estimate of drug-likeness (QED) is 0.371. The Labute approximate surface area is 254 Å². The van der Waals surface area contributed by atoms with Gasteiger partial charge in [-0.3, -0.25) is 19.2 Å². The van der Waals surface area contributed by atoms with E-state index in [-0.39, 0.29) is 50.5 Å². The second-order valence-electron chi connectivity index (χ2n) is 12.3. The van der Waals surface area contributed by atoms with Gasteiger partial charge in [0.25, 0.3) is 5.91 Å². The molecule has 44 heavy (non-hydrogen) atoms. The summed E-state index contributed by atoms with van der Waals surface area (Å²) in [5.41, 5.74) is -0.0587. The van der Waals surface area contributed by atoms with Gasteiger partial charge in [0.1, 0.15) is 35.9 Å². The number of amides is 3. The molecule has 0 aliphatic carbocycles. The summed E-state index contributed by atoms with van der Waals surface area (Å²) in [5, 5.41) is 21.7. The van der Waals surface area contributed by atoms with Gasteiger partial charge in [0.2, 0.25) is 11.8 Å². The standard InChI is InChI=1S/C31H38N6O7/c1-18(2)22(16-38)37-27-29(41)35(17-36-21-10-5-4-9-20(21)33-34-36)14-8-13-31(27)26(28(37)40)25-23(44-31)11-6-7-12-24(39)32-15-19(3)43-30(25)42/h4-6,8-11,13,18-19,22-23,25-27,38H,7,12,14-17H2,1-3H3,(H,32,39)/b11-6-/t19-,22+,23-,25+,26+,27-,31+/m1/s1. The molecule has 1 spiro atoms. The van der Waals surface area contributed by atoms with Crippen molar-refractivity contribution in [2.75, 3.05) is 19.7 Å². The third-order valence-electron chi connectivity index (χ3n) is 9.09. The fourth-order valence-corrected chi connectivity index (χ4v) is 6.94. The van der Waals surface area contributed by atoms with E-state index in [1.807, 2.05) is 38.1 Å². The van der Waals surface area contributed by atoms with Crippen molar-refractivity contribution in [3.63, 3.8) is 0 Å². The van der Waals surface area contributed by atoms with Gasteiger partial charge in [0.05, 0.1) is 36.7 Å². The number of aromatic nitrogens is 3. The van der Waals surface area contributed by atoms with Crippen molar-refractivity contribution in [1.29, 1.82) is 0 Å². The number of allylic oxidation sites excluding steroid dienone is 1. The number of nitrogens with one attached hydrogen (secondary N) is 1. The van der Waals surface area contributed by atoms with E-state index in [0.29, 0.717) is 11.9 Å². The first kappa shape index (κ1) is 29.9. The Morgan fingerprint density at radius 3 is 2.70 bits per heavy atom. The van der Waals surface area contributed by atoms with Crippen molar-refractivity contribution in [2.24, 2.45) is 17.8 Å². The summed E-state index contributed by atoms with van der Waals surface area (Å²) in [6, 6.07) is 5.57. The molecule has 2 N–H and O–H groups in total. The Morgan fingerprint density at radius 1 is 1.14 bits per heavy atom. The molecule has 7 atom stereocenters. The monoisotopic (exact) mass is 606 g/mol. The molecule has 6 rings (SSSR count). The lowest BCUT2D eigenvalue weighted by Crippen LogP contribution is -2.59. The minimum absolute atomic E-state index is 0.0712. The first-order valence-electron chi connectivity index (χ1n) is 15.2. The number of likely N-dealkylation sites (tertiary alicyclic amines) is 1. The third-order valence-corrected chi connectivity index (χ3v) is 9.09. The molecule has 1 aromatic heterocycles. The van der Waals surface area contributed by atoms with Crippen LogP contribution in [0.5, 0.6) is 0 Å². The molecule has 13 nitrogen and oxygen atoms in total. The second kappa shape index (κ2) is 11.8. The number of esters is 1. The van der Waals surface area contributed by atoms with Gasteiger partial charge >= 0.3 is 5.97 Å². The Morgan fingerprint density at radius 2 is 1.93 bits per heavy atom. The SMILES string of the molecule is CC(C)[C@H](CO)N1C(=O)[C@@H]2[C@H]3C(=O)O[C@H](C)CNC(=O)CC/C=C\[C@H]3O[C@@]23C=CCN(Cn2nnc4ccccc42)C(=O)[C@@H]13. The minimum Gasteiger partial charge on any atom is -0.460 e. The molecule has 5 heterocycles. The Balaban J connectivity index is 1.42. The maximum atomic E-state index is 14.6. The van der Waals surface area contributed by atoms with E-state index in [9.17, 15) is 24.3 Å². The van der Waals surface area contributed by atoms with E-state index in [0.717, 1.165) is 5.52 Å². The van der Waals surface area contributed by atoms with Gasteiger partial charge in [-0.1, -0.05) is 55.5 Å². The van der Waals surface area contributed by atoms with Gasteiger partial charge in [-0.2, -0.15) is 0 Å². The van der Waals surface area contributed by atoms with Crippen LogP contribution in [0.4, 0.5) is 0 Å². The van der Waals surface area contributed by atoms with Crippen LogP contribution < -0.4 is 5.32 Å². The van der Waals surface area contributed by atoms with E-state index >= 15 is 0 Å². The number of carbonyl (C=O) groups is 4. The number of cyclic esters (lactones) is 1. The fraction of sp³-hybridized carbons (Fsp3) is 0.548. The zero-order chi connectivity index (χ0) is 31.2. The van der Waals surface area contributed by atoms with E-state index in [1.54, 1.807) is 40.8 Å². The number of hydrogen-bond donors (Lipinski definition) is 2. The number of rotatable bonds is 5. The largest absolute Gasteiger partial charge is 0.460 e. The van der Waals surface area contributed by atoms with Crippen LogP contribution in [0.25, 0.3) is 11.0 Å². The number of aliphatic hydroxyl groups is 1. The van der Waals surface area contributed by atoms with Gasteiger partial charge in [0.15, 0.2) is 0 Å². The predicted octanol–water partition coefficient (Wildman–Crippen LogP) is 0.783. The highest BCUT2D eigenvalue weighted by Gasteiger charge is 2.72. The molecule has 4 aliphatic rings. The number of carbonyl (C=O) groups excluding carboxylic acids is 4. The summed E-state index contributed by atoms with van der Waals surface area (Å²) in [7, 11) is 0. The number of hydrogen-bond acceptors (Lipinski definition) is 9. The van der Waals surface area contributed by atoms with Crippen LogP contribution in [0.3, 0.4) is 0 Å². The lowest BCUT2D eigenvalue weighted by molar-refractivity contribution is -0.160. The highest BCUT2D eigenvalue weighted by molar-refractivity contribution is 5.99. The highest BCUT2D eigenvalue weighted by atomic mass is 16.6. The van der Waals surface area contributed by atoms with E-state index < -0.39 is 53.6 Å². The molecular weight excluding hydrogens is 568 g/mol. The summed E-state index contributed by atoms with van der Waals surface area (Å²) in [6.07, 6.45) is 6.14. The lowest BCUT2D eigenvalue weighted by Gasteiger charge is -2.39. The van der Waals surface area contributed by atoms with Crippen molar-refractivity contribution in [1.82, 2.24) is 30.1 Å². The average Bonchev–Trinajstić information content (AvgIpc) is 3.58. The van der Waals surface area contributed by atoms with E-state index in [4.69, 9.17) is 9.47 Å².